The Bertz CT molecular complexity index is 1170. The first-order chi connectivity index (χ1) is 12.6. The molecule has 0 saturated heterocycles. The standard InChI is InChI=1S/C16H10N6O4/c23-16-12-6-11(22(24)25)3-4-13(12)18-9-21(16)8-14-19-15(20-26-14)10-2-1-5-17-7-10/h1-7,9H,8H2. The van der Waals surface area contributed by atoms with Gasteiger partial charge in [0.15, 0.2) is 0 Å². The van der Waals surface area contributed by atoms with Crippen LogP contribution in [0.1, 0.15) is 5.89 Å². The number of pyridine rings is 1. The Kier molecular flexibility index (Phi) is 3.69. The molecule has 0 spiro atoms. The Morgan fingerprint density at radius 2 is 2.15 bits per heavy atom. The van der Waals surface area contributed by atoms with Gasteiger partial charge < -0.3 is 4.52 Å². The van der Waals surface area contributed by atoms with Crippen molar-refractivity contribution in [3.8, 4) is 11.4 Å². The second-order valence-corrected chi connectivity index (χ2v) is 5.39. The molecule has 10 heteroatoms. The van der Waals surface area contributed by atoms with Crippen LogP contribution in [-0.2, 0) is 6.54 Å². The topological polar surface area (TPSA) is 130 Å². The summed E-state index contributed by atoms with van der Waals surface area (Å²) in [5.74, 6) is 0.558. The lowest BCUT2D eigenvalue weighted by Gasteiger charge is -2.03. The second kappa shape index (κ2) is 6.16. The van der Waals surface area contributed by atoms with E-state index in [0.29, 0.717) is 16.9 Å². The molecule has 0 atom stereocenters. The van der Waals surface area contributed by atoms with Crippen molar-refractivity contribution in [1.82, 2.24) is 24.7 Å². The van der Waals surface area contributed by atoms with Crippen molar-refractivity contribution in [2.24, 2.45) is 0 Å². The molecular formula is C16H10N6O4. The molecule has 0 amide bonds. The molecule has 4 rings (SSSR count). The highest BCUT2D eigenvalue weighted by atomic mass is 16.6. The lowest BCUT2D eigenvalue weighted by atomic mass is 10.2. The summed E-state index contributed by atoms with van der Waals surface area (Å²) in [5, 5.41) is 14.9. The van der Waals surface area contributed by atoms with Crippen LogP contribution in [0.5, 0.6) is 0 Å². The fourth-order valence-electron chi connectivity index (χ4n) is 2.45. The molecule has 3 aromatic heterocycles. The maximum atomic E-state index is 12.6. The molecule has 0 radical (unpaired) electrons. The normalized spacial score (nSPS) is 10.9. The monoisotopic (exact) mass is 350 g/mol. The number of hydrogen-bond donors (Lipinski definition) is 0. The first-order valence-corrected chi connectivity index (χ1v) is 7.48. The maximum Gasteiger partial charge on any atom is 0.270 e. The highest BCUT2D eigenvalue weighted by Crippen LogP contribution is 2.17. The lowest BCUT2D eigenvalue weighted by Crippen LogP contribution is -2.21. The summed E-state index contributed by atoms with van der Waals surface area (Å²) in [4.78, 5) is 35.3. The van der Waals surface area contributed by atoms with E-state index < -0.39 is 10.5 Å². The van der Waals surface area contributed by atoms with Crippen LogP contribution >= 0.6 is 0 Å². The van der Waals surface area contributed by atoms with E-state index in [1.165, 1.54) is 29.1 Å². The van der Waals surface area contributed by atoms with Crippen molar-refractivity contribution in [1.29, 1.82) is 0 Å². The maximum absolute atomic E-state index is 12.6. The average molecular weight is 350 g/mol. The number of nitro benzene ring substituents is 1. The second-order valence-electron chi connectivity index (χ2n) is 5.39. The number of fused-ring (bicyclic) bond motifs is 1. The molecule has 26 heavy (non-hydrogen) atoms. The van der Waals surface area contributed by atoms with Gasteiger partial charge in [-0.2, -0.15) is 4.98 Å². The molecule has 0 N–H and O–H groups in total. The fourth-order valence-corrected chi connectivity index (χ4v) is 2.45. The van der Waals surface area contributed by atoms with Gasteiger partial charge in [-0.05, 0) is 18.2 Å². The Hall–Kier alpha value is -3.95. The predicted octanol–water partition coefficient (Wildman–Crippen LogP) is 1.80. The van der Waals surface area contributed by atoms with E-state index in [0.717, 1.165) is 0 Å². The van der Waals surface area contributed by atoms with Crippen molar-refractivity contribution in [2.45, 2.75) is 6.54 Å². The van der Waals surface area contributed by atoms with E-state index in [4.69, 9.17) is 4.52 Å². The third-order valence-corrected chi connectivity index (χ3v) is 3.71. The van der Waals surface area contributed by atoms with Crippen LogP contribution in [0.15, 0.2) is 58.4 Å². The zero-order chi connectivity index (χ0) is 18.1. The van der Waals surface area contributed by atoms with Crippen LogP contribution in [0.4, 0.5) is 5.69 Å². The highest BCUT2D eigenvalue weighted by molar-refractivity contribution is 5.79. The van der Waals surface area contributed by atoms with Gasteiger partial charge in [-0.3, -0.25) is 24.5 Å². The minimum Gasteiger partial charge on any atom is -0.337 e. The van der Waals surface area contributed by atoms with Crippen LogP contribution in [0, 0.1) is 10.1 Å². The predicted molar refractivity (Wildman–Crippen MR) is 89.3 cm³/mol. The number of non-ortho nitro benzene ring substituents is 1. The largest absolute Gasteiger partial charge is 0.337 e. The zero-order valence-electron chi connectivity index (χ0n) is 13.1. The van der Waals surface area contributed by atoms with E-state index in [1.807, 2.05) is 0 Å². The average Bonchev–Trinajstić information content (AvgIpc) is 3.13. The van der Waals surface area contributed by atoms with Gasteiger partial charge in [-0.25, -0.2) is 4.98 Å². The lowest BCUT2D eigenvalue weighted by molar-refractivity contribution is -0.384. The van der Waals surface area contributed by atoms with Crippen LogP contribution < -0.4 is 5.56 Å². The summed E-state index contributed by atoms with van der Waals surface area (Å²) in [6.07, 6.45) is 4.56. The molecule has 0 bridgehead atoms. The minimum absolute atomic E-state index is 0.00225. The number of hydrogen-bond acceptors (Lipinski definition) is 8. The Labute approximate surface area is 144 Å². The summed E-state index contributed by atoms with van der Waals surface area (Å²) in [6.45, 7) is -0.00225. The summed E-state index contributed by atoms with van der Waals surface area (Å²) in [5.41, 5.74) is 0.450. The molecule has 3 heterocycles. The zero-order valence-corrected chi connectivity index (χ0v) is 13.1. The van der Waals surface area contributed by atoms with Gasteiger partial charge in [-0.15, -0.1) is 0 Å². The smallest absolute Gasteiger partial charge is 0.270 e. The van der Waals surface area contributed by atoms with E-state index in [1.54, 1.807) is 24.5 Å². The molecule has 4 aromatic rings. The van der Waals surface area contributed by atoms with Gasteiger partial charge in [0.1, 0.15) is 6.54 Å². The first-order valence-electron chi connectivity index (χ1n) is 7.48. The summed E-state index contributed by atoms with van der Waals surface area (Å²) < 4.78 is 6.42. The van der Waals surface area contributed by atoms with Crippen LogP contribution in [0.3, 0.4) is 0 Å². The highest BCUT2D eigenvalue weighted by Gasteiger charge is 2.13. The SMILES string of the molecule is O=c1c2cc([N+](=O)[O-])ccc2ncn1Cc1nc(-c2cccnc2)no1. The molecule has 1 aromatic carbocycles. The number of nitrogens with zero attached hydrogens (tertiary/aromatic N) is 6. The summed E-state index contributed by atoms with van der Waals surface area (Å²) >= 11 is 0. The fraction of sp³-hybridized carbons (Fsp3) is 0.0625. The third kappa shape index (κ3) is 2.79. The third-order valence-electron chi connectivity index (χ3n) is 3.71. The van der Waals surface area contributed by atoms with Crippen molar-refractivity contribution < 1.29 is 9.45 Å². The van der Waals surface area contributed by atoms with E-state index in [9.17, 15) is 14.9 Å². The van der Waals surface area contributed by atoms with Crippen molar-refractivity contribution >= 4 is 16.6 Å². The number of rotatable bonds is 4. The molecular weight excluding hydrogens is 340 g/mol. The van der Waals surface area contributed by atoms with Gasteiger partial charge >= 0.3 is 0 Å². The number of aromatic nitrogens is 5. The van der Waals surface area contributed by atoms with E-state index >= 15 is 0 Å². The molecule has 0 aliphatic rings. The molecule has 128 valence electrons. The van der Waals surface area contributed by atoms with Crippen LogP contribution in [0.2, 0.25) is 0 Å². The molecule has 10 nitrogen and oxygen atoms in total. The number of benzene rings is 1. The van der Waals surface area contributed by atoms with Gasteiger partial charge in [0, 0.05) is 30.1 Å². The van der Waals surface area contributed by atoms with Gasteiger partial charge in [0.05, 0.1) is 22.2 Å². The van der Waals surface area contributed by atoms with Crippen molar-refractivity contribution in [3.63, 3.8) is 0 Å². The quantitative estimate of drug-likeness (QED) is 0.402. The summed E-state index contributed by atoms with van der Waals surface area (Å²) in [7, 11) is 0. The Morgan fingerprint density at radius 1 is 1.27 bits per heavy atom. The molecule has 0 unspecified atom stereocenters. The van der Waals surface area contributed by atoms with Crippen LogP contribution in [-0.4, -0.2) is 29.6 Å². The first kappa shape index (κ1) is 15.6. The van der Waals surface area contributed by atoms with E-state index in [2.05, 4.69) is 20.1 Å². The molecule has 0 fully saturated rings. The Balaban J connectivity index is 1.69. The molecule has 0 saturated carbocycles. The van der Waals surface area contributed by atoms with Crippen LogP contribution in [0.25, 0.3) is 22.3 Å². The minimum atomic E-state index is -0.561. The van der Waals surface area contributed by atoms with Crippen molar-refractivity contribution in [3.05, 3.63) is 75.4 Å². The van der Waals surface area contributed by atoms with Crippen molar-refractivity contribution in [2.75, 3.05) is 0 Å². The molecule has 0 aliphatic carbocycles. The summed E-state index contributed by atoms with van der Waals surface area (Å²) in [6, 6.07) is 7.47. The van der Waals surface area contributed by atoms with E-state index in [-0.39, 0.29) is 23.5 Å². The van der Waals surface area contributed by atoms with Gasteiger partial charge in [-0.1, -0.05) is 5.16 Å². The molecule has 0 aliphatic heterocycles. The number of nitro groups is 1. The van der Waals surface area contributed by atoms with Gasteiger partial charge in [0.2, 0.25) is 11.7 Å². The Morgan fingerprint density at radius 3 is 2.92 bits per heavy atom. The van der Waals surface area contributed by atoms with Gasteiger partial charge in [0.25, 0.3) is 11.2 Å².